The molecule has 0 atom stereocenters. The summed E-state index contributed by atoms with van der Waals surface area (Å²) in [5, 5.41) is 13.3. The molecule has 7 heteroatoms. The summed E-state index contributed by atoms with van der Waals surface area (Å²) in [7, 11) is 0. The number of carbonyl (C=O) groups is 1. The van der Waals surface area contributed by atoms with E-state index in [1.54, 1.807) is 24.3 Å². The van der Waals surface area contributed by atoms with Crippen LogP contribution in [-0.4, -0.2) is 22.8 Å². The van der Waals surface area contributed by atoms with Crippen LogP contribution in [0, 0.1) is 10.1 Å². The maximum atomic E-state index is 11.5. The van der Waals surface area contributed by atoms with Crippen molar-refractivity contribution >= 4 is 29.0 Å². The number of benzene rings is 2. The first-order chi connectivity index (χ1) is 10.6. The number of nitro groups is 1. The van der Waals surface area contributed by atoms with Crippen LogP contribution >= 0.6 is 11.8 Å². The topological polar surface area (TPSA) is 81.5 Å². The minimum atomic E-state index is -0.462. The number of hydrogen-bond donors (Lipinski definition) is 1. The van der Waals surface area contributed by atoms with E-state index < -0.39 is 4.92 Å². The van der Waals surface area contributed by atoms with Gasteiger partial charge in [0.05, 0.1) is 10.7 Å². The molecule has 0 fully saturated rings. The van der Waals surface area contributed by atoms with Gasteiger partial charge in [-0.25, -0.2) is 0 Å². The van der Waals surface area contributed by atoms with Crippen LogP contribution in [0.1, 0.15) is 0 Å². The Balaban J connectivity index is 1.98. The predicted molar refractivity (Wildman–Crippen MR) is 86.6 cm³/mol. The highest BCUT2D eigenvalue weighted by molar-refractivity contribution is 7.99. The molecule has 0 aromatic heterocycles. The lowest BCUT2D eigenvalue weighted by Gasteiger charge is -2.07. The largest absolute Gasteiger partial charge is 0.457 e. The van der Waals surface area contributed by atoms with E-state index in [0.29, 0.717) is 22.9 Å². The summed E-state index contributed by atoms with van der Waals surface area (Å²) in [5.41, 5.74) is 0.703. The lowest BCUT2D eigenvalue weighted by atomic mass is 10.3. The van der Waals surface area contributed by atoms with Gasteiger partial charge in [0.2, 0.25) is 5.91 Å². The first-order valence-electron chi connectivity index (χ1n) is 6.39. The number of non-ortho nitro benzene ring substituents is 1. The van der Waals surface area contributed by atoms with Crippen molar-refractivity contribution in [2.45, 2.75) is 0 Å². The van der Waals surface area contributed by atoms with Gasteiger partial charge in [0.1, 0.15) is 11.5 Å². The van der Waals surface area contributed by atoms with Crippen molar-refractivity contribution in [1.29, 1.82) is 0 Å². The number of rotatable bonds is 6. The second-order valence-corrected chi connectivity index (χ2v) is 5.22. The Morgan fingerprint density at radius 1 is 1.14 bits per heavy atom. The number of nitro benzene ring substituents is 1. The van der Waals surface area contributed by atoms with Gasteiger partial charge in [0, 0.05) is 17.8 Å². The number of anilines is 1. The van der Waals surface area contributed by atoms with Crippen LogP contribution in [0.2, 0.25) is 0 Å². The standard InChI is InChI=1S/C15H14N2O4S/c1-22-10-15(18)16-11-2-6-13(7-3-11)21-14-8-4-12(5-9-14)17(19)20/h2-9H,10H2,1H3,(H,16,18). The van der Waals surface area contributed by atoms with Gasteiger partial charge in [-0.1, -0.05) is 0 Å². The zero-order valence-electron chi connectivity index (χ0n) is 11.8. The molecule has 0 radical (unpaired) electrons. The summed E-state index contributed by atoms with van der Waals surface area (Å²) in [6.45, 7) is 0. The Morgan fingerprint density at radius 2 is 1.68 bits per heavy atom. The van der Waals surface area contributed by atoms with Crippen LogP contribution in [-0.2, 0) is 4.79 Å². The average molecular weight is 318 g/mol. The monoisotopic (exact) mass is 318 g/mol. The van der Waals surface area contributed by atoms with Gasteiger partial charge in [0.25, 0.3) is 5.69 Å². The van der Waals surface area contributed by atoms with Crippen LogP contribution in [0.25, 0.3) is 0 Å². The highest BCUT2D eigenvalue weighted by atomic mass is 32.2. The van der Waals surface area contributed by atoms with Crippen molar-refractivity contribution < 1.29 is 14.5 Å². The number of ether oxygens (including phenoxy) is 1. The fraction of sp³-hybridized carbons (Fsp3) is 0.133. The Morgan fingerprint density at radius 3 is 2.18 bits per heavy atom. The summed E-state index contributed by atoms with van der Waals surface area (Å²) in [6.07, 6.45) is 1.86. The van der Waals surface area contributed by atoms with Crippen molar-refractivity contribution in [1.82, 2.24) is 0 Å². The molecule has 22 heavy (non-hydrogen) atoms. The number of carbonyl (C=O) groups excluding carboxylic acids is 1. The van der Waals surface area contributed by atoms with Gasteiger partial charge in [-0.2, -0.15) is 11.8 Å². The Bertz CT molecular complexity index is 656. The smallest absolute Gasteiger partial charge is 0.269 e. The third-order valence-electron chi connectivity index (χ3n) is 2.70. The highest BCUT2D eigenvalue weighted by Gasteiger charge is 2.05. The molecular weight excluding hydrogens is 304 g/mol. The molecule has 0 bridgehead atoms. The van der Waals surface area contributed by atoms with Crippen LogP contribution in [0.4, 0.5) is 11.4 Å². The third-order valence-corrected chi connectivity index (χ3v) is 3.25. The van der Waals surface area contributed by atoms with Crippen molar-refractivity contribution in [3.8, 4) is 11.5 Å². The van der Waals surface area contributed by atoms with E-state index in [1.165, 1.54) is 36.0 Å². The Kier molecular flexibility index (Phi) is 5.37. The van der Waals surface area contributed by atoms with Crippen LogP contribution < -0.4 is 10.1 Å². The fourth-order valence-electron chi connectivity index (χ4n) is 1.71. The van der Waals surface area contributed by atoms with Crippen molar-refractivity contribution in [2.75, 3.05) is 17.3 Å². The van der Waals surface area contributed by atoms with Gasteiger partial charge in [-0.05, 0) is 42.7 Å². The van der Waals surface area contributed by atoms with Crippen LogP contribution in [0.3, 0.4) is 0 Å². The molecule has 6 nitrogen and oxygen atoms in total. The normalized spacial score (nSPS) is 10.0. The number of amides is 1. The van der Waals surface area contributed by atoms with Gasteiger partial charge >= 0.3 is 0 Å². The molecule has 0 aliphatic heterocycles. The molecule has 0 heterocycles. The number of nitrogens with zero attached hydrogens (tertiary/aromatic N) is 1. The molecule has 0 aliphatic rings. The van der Waals surface area contributed by atoms with Crippen LogP contribution in [0.5, 0.6) is 11.5 Å². The third kappa shape index (κ3) is 4.49. The molecule has 2 aromatic rings. The molecule has 1 N–H and O–H groups in total. The molecule has 2 aromatic carbocycles. The van der Waals surface area contributed by atoms with E-state index in [9.17, 15) is 14.9 Å². The zero-order valence-corrected chi connectivity index (χ0v) is 12.6. The molecule has 2 rings (SSSR count). The minimum Gasteiger partial charge on any atom is -0.457 e. The van der Waals surface area contributed by atoms with Gasteiger partial charge < -0.3 is 10.1 Å². The zero-order chi connectivity index (χ0) is 15.9. The average Bonchev–Trinajstić information content (AvgIpc) is 2.50. The molecule has 0 aliphatic carbocycles. The van der Waals surface area contributed by atoms with E-state index in [0.717, 1.165) is 0 Å². The lowest BCUT2D eigenvalue weighted by Crippen LogP contribution is -2.13. The maximum Gasteiger partial charge on any atom is 0.269 e. The highest BCUT2D eigenvalue weighted by Crippen LogP contribution is 2.25. The first-order valence-corrected chi connectivity index (χ1v) is 7.79. The van der Waals surface area contributed by atoms with Crippen LogP contribution in [0.15, 0.2) is 48.5 Å². The van der Waals surface area contributed by atoms with Gasteiger partial charge in [0.15, 0.2) is 0 Å². The predicted octanol–water partition coefficient (Wildman–Crippen LogP) is 3.69. The lowest BCUT2D eigenvalue weighted by molar-refractivity contribution is -0.384. The first kappa shape index (κ1) is 15.8. The minimum absolute atomic E-state index is 0.0132. The van der Waals surface area contributed by atoms with Crippen molar-refractivity contribution in [2.24, 2.45) is 0 Å². The molecule has 0 unspecified atom stereocenters. The summed E-state index contributed by atoms with van der Waals surface area (Å²) in [4.78, 5) is 21.6. The van der Waals surface area contributed by atoms with E-state index in [-0.39, 0.29) is 11.6 Å². The Labute approximate surface area is 131 Å². The number of thioether (sulfide) groups is 1. The molecule has 0 spiro atoms. The summed E-state index contributed by atoms with van der Waals surface area (Å²) in [5.74, 6) is 1.43. The van der Waals surface area contributed by atoms with E-state index >= 15 is 0 Å². The molecule has 0 saturated carbocycles. The summed E-state index contributed by atoms with van der Waals surface area (Å²) in [6, 6.07) is 12.7. The SMILES string of the molecule is CSCC(=O)Nc1ccc(Oc2ccc([N+](=O)[O-])cc2)cc1. The fourth-order valence-corrected chi connectivity index (χ4v) is 2.04. The van der Waals surface area contributed by atoms with E-state index in [1.807, 2.05) is 6.26 Å². The van der Waals surface area contributed by atoms with Crippen molar-refractivity contribution in [3.05, 3.63) is 58.6 Å². The summed E-state index contributed by atoms with van der Waals surface area (Å²) >= 11 is 1.45. The Hall–Kier alpha value is -2.54. The summed E-state index contributed by atoms with van der Waals surface area (Å²) < 4.78 is 5.58. The second kappa shape index (κ2) is 7.46. The quantitative estimate of drug-likeness (QED) is 0.649. The second-order valence-electron chi connectivity index (χ2n) is 4.36. The molecule has 1 amide bonds. The molecule has 0 saturated heterocycles. The number of nitrogens with one attached hydrogen (secondary N) is 1. The van der Waals surface area contributed by atoms with E-state index in [2.05, 4.69) is 5.32 Å². The van der Waals surface area contributed by atoms with Gasteiger partial charge in [-0.3, -0.25) is 14.9 Å². The maximum absolute atomic E-state index is 11.5. The molecular formula is C15H14N2O4S. The van der Waals surface area contributed by atoms with Gasteiger partial charge in [-0.15, -0.1) is 0 Å². The number of hydrogen-bond acceptors (Lipinski definition) is 5. The van der Waals surface area contributed by atoms with Crippen molar-refractivity contribution in [3.63, 3.8) is 0 Å². The van der Waals surface area contributed by atoms with E-state index in [4.69, 9.17) is 4.74 Å². The molecule has 114 valence electrons.